The van der Waals surface area contributed by atoms with E-state index in [0.717, 1.165) is 41.8 Å². The first-order valence-electron chi connectivity index (χ1n) is 11.8. The lowest BCUT2D eigenvalue weighted by Crippen LogP contribution is -2.32. The van der Waals surface area contributed by atoms with Crippen LogP contribution in [0.25, 0.3) is 0 Å². The van der Waals surface area contributed by atoms with Gasteiger partial charge in [-0.05, 0) is 60.5 Å². The van der Waals surface area contributed by atoms with Crippen molar-refractivity contribution < 1.29 is 14.3 Å². The number of nitrogens with one attached hydrogen (secondary N) is 1. The first-order valence-corrected chi connectivity index (χ1v) is 15.1. The zero-order valence-electron chi connectivity index (χ0n) is 19.9. The highest BCUT2D eigenvalue weighted by atomic mass is 79.9. The summed E-state index contributed by atoms with van der Waals surface area (Å²) < 4.78 is 8.01. The predicted octanol–water partition coefficient (Wildman–Crippen LogP) is 6.64. The van der Waals surface area contributed by atoms with Crippen LogP contribution in [-0.4, -0.2) is 22.0 Å². The van der Waals surface area contributed by atoms with Gasteiger partial charge in [0.15, 0.2) is 0 Å². The summed E-state index contributed by atoms with van der Waals surface area (Å²) in [6.07, 6.45) is 0. The Morgan fingerprint density at radius 3 is 2.45 bits per heavy atom. The summed E-state index contributed by atoms with van der Waals surface area (Å²) in [5.74, 6) is -1.17. The summed E-state index contributed by atoms with van der Waals surface area (Å²) in [4.78, 5) is 44.8. The minimum atomic E-state index is -0.690. The van der Waals surface area contributed by atoms with Crippen LogP contribution in [0.2, 0.25) is 0 Å². The van der Waals surface area contributed by atoms with Crippen LogP contribution >= 0.6 is 55.0 Å². The number of aromatic nitrogens is 1. The number of fused-ring (bicyclic) bond motifs is 2. The van der Waals surface area contributed by atoms with Gasteiger partial charge in [-0.2, -0.15) is 0 Å². The number of H-pyrrole nitrogens is 1. The smallest absolute Gasteiger partial charge is 0.305 e. The molecular weight excluding hydrogens is 652 g/mol. The number of carbonyl (C=O) groups is 2. The lowest BCUT2D eigenvalue weighted by Gasteiger charge is -2.31. The van der Waals surface area contributed by atoms with Gasteiger partial charge in [-0.3, -0.25) is 14.4 Å². The standard InChI is InChI=1S/C28H20Br2N2O4S2/c1-14-4-2-3-5-15(14)13-36-20-11-8-17(30)12-19(20)21-22-24(37-25-23(21)38-28(35)31-25)27(34)32(26(22)33)18-9-6-16(29)7-10-18/h2-12,21-22,24H,13H2,1H3,(H,31,35)/t21-,22-,24+/m0/s1. The molecule has 1 N–H and O–H groups in total. The number of benzene rings is 3. The number of aromatic amines is 1. The third-order valence-electron chi connectivity index (χ3n) is 6.86. The Hall–Kier alpha value is -2.66. The topological polar surface area (TPSA) is 79.5 Å². The Morgan fingerprint density at radius 2 is 1.68 bits per heavy atom. The molecule has 0 spiro atoms. The van der Waals surface area contributed by atoms with E-state index in [2.05, 4.69) is 36.8 Å². The van der Waals surface area contributed by atoms with Crippen LogP contribution < -0.4 is 14.5 Å². The number of thiazole rings is 1. The number of thioether (sulfide) groups is 1. The normalized spacial score (nSPS) is 20.4. The number of aryl methyl sites for hydroxylation is 1. The van der Waals surface area contributed by atoms with E-state index in [1.807, 2.05) is 61.5 Å². The second-order valence-corrected chi connectivity index (χ2v) is 13.1. The maximum Gasteiger partial charge on any atom is 0.305 e. The minimum absolute atomic E-state index is 0.213. The Morgan fingerprint density at radius 1 is 0.947 bits per heavy atom. The van der Waals surface area contributed by atoms with Gasteiger partial charge in [-0.1, -0.05) is 79.2 Å². The molecule has 6 nitrogen and oxygen atoms in total. The molecule has 1 aromatic heterocycles. The Labute approximate surface area is 243 Å². The molecule has 6 rings (SSSR count). The number of halogens is 2. The van der Waals surface area contributed by atoms with E-state index in [4.69, 9.17) is 4.74 Å². The van der Waals surface area contributed by atoms with E-state index in [9.17, 15) is 14.4 Å². The van der Waals surface area contributed by atoms with Gasteiger partial charge in [0.05, 0.1) is 16.6 Å². The maximum absolute atomic E-state index is 14.0. The molecule has 2 aliphatic heterocycles. The Kier molecular flexibility index (Phi) is 6.84. The summed E-state index contributed by atoms with van der Waals surface area (Å²) in [5, 5.41) is -0.0352. The molecule has 0 aliphatic carbocycles. The van der Waals surface area contributed by atoms with Crippen LogP contribution in [0.3, 0.4) is 0 Å². The average Bonchev–Trinajstić information content (AvgIpc) is 3.39. The van der Waals surface area contributed by atoms with Crippen LogP contribution in [0.5, 0.6) is 5.75 Å². The fourth-order valence-corrected chi connectivity index (χ4v) is 8.17. The highest BCUT2D eigenvalue weighted by molar-refractivity contribution is 9.10. The van der Waals surface area contributed by atoms with Crippen molar-refractivity contribution >= 4 is 72.5 Å². The van der Waals surface area contributed by atoms with Crippen molar-refractivity contribution in [1.29, 1.82) is 0 Å². The zero-order chi connectivity index (χ0) is 26.6. The third kappa shape index (κ3) is 4.47. The van der Waals surface area contributed by atoms with Crippen LogP contribution in [0, 0.1) is 12.8 Å². The lowest BCUT2D eigenvalue weighted by atomic mass is 9.82. The summed E-state index contributed by atoms with van der Waals surface area (Å²) >= 11 is 9.34. The molecule has 2 amide bonds. The molecule has 0 saturated carbocycles. The molecule has 10 heteroatoms. The summed E-state index contributed by atoms with van der Waals surface area (Å²) in [5.41, 5.74) is 3.46. The van der Waals surface area contributed by atoms with Crippen molar-refractivity contribution in [2.24, 2.45) is 5.92 Å². The van der Waals surface area contributed by atoms with Crippen molar-refractivity contribution in [3.05, 3.63) is 107 Å². The molecule has 4 aromatic rings. The molecule has 0 bridgehead atoms. The number of hydrogen-bond donors (Lipinski definition) is 1. The average molecular weight is 672 g/mol. The number of amides is 2. The fraction of sp³-hybridized carbons (Fsp3) is 0.179. The molecule has 38 heavy (non-hydrogen) atoms. The number of carbonyl (C=O) groups excluding carboxylic acids is 2. The highest BCUT2D eigenvalue weighted by Gasteiger charge is 2.56. The van der Waals surface area contributed by atoms with Gasteiger partial charge >= 0.3 is 4.87 Å². The van der Waals surface area contributed by atoms with Crippen LogP contribution in [-0.2, 0) is 16.2 Å². The SMILES string of the molecule is Cc1ccccc1COc1ccc(Br)cc1[C@@H]1c2sc(=O)[nH]c2S[C@H]2C(=O)N(c3ccc(Br)cc3)C(=O)[C@@H]12. The first-order chi connectivity index (χ1) is 18.3. The van der Waals surface area contributed by atoms with Crippen molar-refractivity contribution in [3.8, 4) is 5.75 Å². The van der Waals surface area contributed by atoms with Gasteiger partial charge in [-0.25, -0.2) is 4.90 Å². The molecule has 3 atom stereocenters. The van der Waals surface area contributed by atoms with Gasteiger partial charge in [0, 0.05) is 25.3 Å². The van der Waals surface area contributed by atoms with Gasteiger partial charge < -0.3 is 9.72 Å². The summed E-state index contributed by atoms with van der Waals surface area (Å²) in [6.45, 7) is 2.39. The van der Waals surface area contributed by atoms with Gasteiger partial charge in [-0.15, -0.1) is 0 Å². The second-order valence-electron chi connectivity index (χ2n) is 9.14. The van der Waals surface area contributed by atoms with Gasteiger partial charge in [0.1, 0.15) is 17.6 Å². The van der Waals surface area contributed by atoms with Crippen LogP contribution in [0.15, 0.2) is 85.5 Å². The predicted molar refractivity (Wildman–Crippen MR) is 156 cm³/mol. The number of anilines is 1. The van der Waals surface area contributed by atoms with Crippen molar-refractivity contribution in [3.63, 3.8) is 0 Å². The maximum atomic E-state index is 14.0. The number of ether oxygens (including phenoxy) is 1. The number of rotatable bonds is 5. The Bertz CT molecular complexity index is 1630. The molecular formula is C28H20Br2N2O4S2. The number of nitrogens with zero attached hydrogens (tertiary/aromatic N) is 1. The molecule has 1 saturated heterocycles. The van der Waals surface area contributed by atoms with Gasteiger partial charge in [0.25, 0.3) is 0 Å². The van der Waals surface area contributed by atoms with E-state index in [0.29, 0.717) is 23.1 Å². The largest absolute Gasteiger partial charge is 0.489 e. The van der Waals surface area contributed by atoms with E-state index in [1.54, 1.807) is 12.1 Å². The quantitative estimate of drug-likeness (QED) is 0.241. The number of imide groups is 1. The summed E-state index contributed by atoms with van der Waals surface area (Å²) in [7, 11) is 0. The van der Waals surface area contributed by atoms with E-state index < -0.39 is 17.1 Å². The summed E-state index contributed by atoms with van der Waals surface area (Å²) in [6, 6.07) is 20.8. The molecule has 3 heterocycles. The van der Waals surface area contributed by atoms with Crippen molar-refractivity contribution in [2.75, 3.05) is 4.90 Å². The molecule has 3 aromatic carbocycles. The van der Waals surface area contributed by atoms with Crippen LogP contribution in [0.1, 0.15) is 27.5 Å². The van der Waals surface area contributed by atoms with E-state index in [-0.39, 0.29) is 16.7 Å². The molecule has 192 valence electrons. The third-order valence-corrected chi connectivity index (χ3v) is 10.3. The number of hydrogen-bond acceptors (Lipinski definition) is 6. The van der Waals surface area contributed by atoms with Crippen LogP contribution in [0.4, 0.5) is 5.69 Å². The van der Waals surface area contributed by atoms with Gasteiger partial charge in [0.2, 0.25) is 11.8 Å². The molecule has 0 unspecified atom stereocenters. The zero-order valence-corrected chi connectivity index (χ0v) is 24.7. The lowest BCUT2D eigenvalue weighted by molar-refractivity contribution is -0.122. The van der Waals surface area contributed by atoms with Crippen molar-refractivity contribution in [2.45, 2.75) is 29.7 Å². The molecule has 2 aliphatic rings. The van der Waals surface area contributed by atoms with E-state index in [1.165, 1.54) is 16.7 Å². The molecule has 0 radical (unpaired) electrons. The monoisotopic (exact) mass is 670 g/mol. The minimum Gasteiger partial charge on any atom is -0.489 e. The fourth-order valence-electron chi connectivity index (χ4n) is 5.02. The molecule has 1 fully saturated rings. The Balaban J connectivity index is 1.45. The first kappa shape index (κ1) is 25.6. The van der Waals surface area contributed by atoms with Crippen molar-refractivity contribution in [1.82, 2.24) is 4.98 Å². The second kappa shape index (κ2) is 10.1. The van der Waals surface area contributed by atoms with E-state index >= 15 is 0 Å². The highest BCUT2D eigenvalue weighted by Crippen LogP contribution is 2.54.